The molecule has 0 aliphatic carbocycles. The summed E-state index contributed by atoms with van der Waals surface area (Å²) in [4.78, 5) is 0. The Morgan fingerprint density at radius 3 is 2.55 bits per heavy atom. The zero-order chi connectivity index (χ0) is 16.1. The molecule has 3 rings (SSSR count). The van der Waals surface area contributed by atoms with Gasteiger partial charge in [-0.2, -0.15) is 0 Å². The monoisotopic (exact) mass is 363 g/mol. The Kier molecular flexibility index (Phi) is 3.66. The number of sulfonamides is 1. The van der Waals surface area contributed by atoms with E-state index in [4.69, 9.17) is 27.6 Å². The van der Waals surface area contributed by atoms with E-state index in [0.717, 1.165) is 4.31 Å². The van der Waals surface area contributed by atoms with E-state index in [1.54, 1.807) is 6.07 Å². The molecule has 2 N–H and O–H groups in total. The van der Waals surface area contributed by atoms with E-state index in [1.165, 1.54) is 12.1 Å². The van der Waals surface area contributed by atoms with Gasteiger partial charge in [-0.15, -0.1) is 0 Å². The topological polar surface area (TPSA) is 91.0 Å². The Hall–Kier alpha value is -1.57. The molecule has 0 spiro atoms. The molecule has 22 heavy (non-hydrogen) atoms. The number of benzene rings is 1. The molecule has 1 aromatic heterocycles. The van der Waals surface area contributed by atoms with Crippen LogP contribution in [-0.4, -0.2) is 30.9 Å². The number of aromatic hydroxyl groups is 2. The van der Waals surface area contributed by atoms with Crippen molar-refractivity contribution >= 4 is 39.1 Å². The molecule has 2 aromatic rings. The van der Waals surface area contributed by atoms with E-state index in [-0.39, 0.29) is 34.5 Å². The van der Waals surface area contributed by atoms with Crippen molar-refractivity contribution < 1.29 is 23.0 Å². The van der Waals surface area contributed by atoms with Gasteiger partial charge in [-0.3, -0.25) is 0 Å². The quantitative estimate of drug-likeness (QED) is 0.854. The molecule has 6 nitrogen and oxygen atoms in total. The maximum Gasteiger partial charge on any atom is 0.256 e. The first-order valence-electron chi connectivity index (χ1n) is 6.32. The van der Waals surface area contributed by atoms with E-state index in [2.05, 4.69) is 0 Å². The standard InChI is InChI=1S/C13H11Cl2NO5S/c14-7-2-3-9(15)8(6-7)12-10(17)11(18)13(21-12)16-4-1-5-22(16,19)20/h2-3,6,17-18H,1,4-5H2. The average Bonchev–Trinajstić information content (AvgIpc) is 2.94. The SMILES string of the molecule is O=S1(=O)CCCN1c1oc(-c2cc(Cl)ccc2Cl)c(O)c1O. The van der Waals surface area contributed by atoms with Crippen LogP contribution in [0.2, 0.25) is 10.0 Å². The van der Waals surface area contributed by atoms with Gasteiger partial charge in [0.05, 0.1) is 10.8 Å². The van der Waals surface area contributed by atoms with Crippen LogP contribution in [0.15, 0.2) is 22.6 Å². The van der Waals surface area contributed by atoms with Gasteiger partial charge >= 0.3 is 0 Å². The highest BCUT2D eigenvalue weighted by Crippen LogP contribution is 2.49. The van der Waals surface area contributed by atoms with Crippen molar-refractivity contribution in [3.8, 4) is 22.8 Å². The molecule has 1 aliphatic heterocycles. The van der Waals surface area contributed by atoms with Crippen LogP contribution in [0.3, 0.4) is 0 Å². The molecule has 118 valence electrons. The predicted octanol–water partition coefficient (Wildman–Crippen LogP) is 3.20. The zero-order valence-corrected chi connectivity index (χ0v) is 13.4. The first kappa shape index (κ1) is 15.3. The molecular weight excluding hydrogens is 353 g/mol. The second-order valence-corrected chi connectivity index (χ2v) is 7.66. The summed E-state index contributed by atoms with van der Waals surface area (Å²) in [6, 6.07) is 4.51. The summed E-state index contributed by atoms with van der Waals surface area (Å²) < 4.78 is 30.2. The molecule has 1 aliphatic rings. The lowest BCUT2D eigenvalue weighted by molar-refractivity contribution is 0.409. The predicted molar refractivity (Wildman–Crippen MR) is 83.2 cm³/mol. The van der Waals surface area contributed by atoms with Crippen LogP contribution in [0.25, 0.3) is 11.3 Å². The summed E-state index contributed by atoms with van der Waals surface area (Å²) in [5.41, 5.74) is 0.254. The van der Waals surface area contributed by atoms with E-state index in [0.29, 0.717) is 11.4 Å². The Balaban J connectivity index is 2.16. The molecule has 0 radical (unpaired) electrons. The Morgan fingerprint density at radius 2 is 1.91 bits per heavy atom. The zero-order valence-electron chi connectivity index (χ0n) is 11.1. The normalized spacial score (nSPS) is 17.1. The van der Waals surface area contributed by atoms with Crippen LogP contribution < -0.4 is 4.31 Å². The molecule has 0 unspecified atom stereocenters. The van der Waals surface area contributed by atoms with E-state index >= 15 is 0 Å². The fraction of sp³-hybridized carbons (Fsp3) is 0.231. The number of nitrogens with zero attached hydrogens (tertiary/aromatic N) is 1. The van der Waals surface area contributed by atoms with Gasteiger partial charge in [0.15, 0.2) is 5.76 Å². The van der Waals surface area contributed by atoms with Crippen molar-refractivity contribution in [3.05, 3.63) is 28.2 Å². The van der Waals surface area contributed by atoms with Crippen LogP contribution in [0.5, 0.6) is 11.5 Å². The third kappa shape index (κ3) is 2.39. The van der Waals surface area contributed by atoms with Gasteiger partial charge in [0.25, 0.3) is 5.88 Å². The highest BCUT2D eigenvalue weighted by molar-refractivity contribution is 7.93. The van der Waals surface area contributed by atoms with Crippen molar-refractivity contribution in [2.45, 2.75) is 6.42 Å². The van der Waals surface area contributed by atoms with Crippen LogP contribution >= 0.6 is 23.2 Å². The van der Waals surface area contributed by atoms with Crippen molar-refractivity contribution in [2.24, 2.45) is 0 Å². The molecule has 1 fully saturated rings. The molecule has 2 heterocycles. The van der Waals surface area contributed by atoms with Gasteiger partial charge in [0, 0.05) is 17.1 Å². The highest BCUT2D eigenvalue weighted by atomic mass is 35.5. The van der Waals surface area contributed by atoms with Crippen molar-refractivity contribution in [1.82, 2.24) is 0 Å². The molecule has 0 saturated carbocycles. The summed E-state index contributed by atoms with van der Waals surface area (Å²) in [7, 11) is -3.56. The number of rotatable bonds is 2. The van der Waals surface area contributed by atoms with Crippen LogP contribution in [0.4, 0.5) is 5.88 Å². The third-order valence-electron chi connectivity index (χ3n) is 3.34. The van der Waals surface area contributed by atoms with Gasteiger partial charge in [-0.1, -0.05) is 23.2 Å². The van der Waals surface area contributed by atoms with Crippen molar-refractivity contribution in [3.63, 3.8) is 0 Å². The Morgan fingerprint density at radius 1 is 1.18 bits per heavy atom. The van der Waals surface area contributed by atoms with Crippen molar-refractivity contribution in [1.29, 1.82) is 0 Å². The number of furan rings is 1. The lowest BCUT2D eigenvalue weighted by atomic mass is 10.1. The number of hydrogen-bond donors (Lipinski definition) is 2. The van der Waals surface area contributed by atoms with E-state index < -0.39 is 21.5 Å². The summed E-state index contributed by atoms with van der Waals surface area (Å²) in [5.74, 6) is -1.72. The third-order valence-corrected chi connectivity index (χ3v) is 5.73. The van der Waals surface area contributed by atoms with Gasteiger partial charge in [-0.25, -0.2) is 12.7 Å². The van der Waals surface area contributed by atoms with Gasteiger partial charge < -0.3 is 14.6 Å². The summed E-state index contributed by atoms with van der Waals surface area (Å²) in [5, 5.41) is 20.6. The van der Waals surface area contributed by atoms with Gasteiger partial charge in [0.2, 0.25) is 21.5 Å². The second-order valence-electron chi connectivity index (χ2n) is 4.80. The summed E-state index contributed by atoms with van der Waals surface area (Å²) >= 11 is 11.9. The minimum Gasteiger partial charge on any atom is -0.502 e. The molecule has 1 saturated heterocycles. The fourth-order valence-electron chi connectivity index (χ4n) is 2.29. The first-order chi connectivity index (χ1) is 10.3. The Bertz CT molecular complexity index is 846. The largest absolute Gasteiger partial charge is 0.502 e. The molecule has 0 amide bonds. The first-order valence-corrected chi connectivity index (χ1v) is 8.68. The van der Waals surface area contributed by atoms with E-state index in [9.17, 15) is 18.6 Å². The minimum atomic E-state index is -3.56. The summed E-state index contributed by atoms with van der Waals surface area (Å²) in [6.07, 6.45) is 0.413. The van der Waals surface area contributed by atoms with Crippen LogP contribution in [-0.2, 0) is 10.0 Å². The lowest BCUT2D eigenvalue weighted by Gasteiger charge is -2.12. The minimum absolute atomic E-state index is 0.0405. The van der Waals surface area contributed by atoms with Gasteiger partial charge in [-0.05, 0) is 24.6 Å². The molecule has 1 aromatic carbocycles. The van der Waals surface area contributed by atoms with Gasteiger partial charge in [0.1, 0.15) is 0 Å². The maximum absolute atomic E-state index is 11.9. The molecule has 9 heteroatoms. The van der Waals surface area contributed by atoms with Crippen LogP contribution in [0, 0.1) is 0 Å². The summed E-state index contributed by atoms with van der Waals surface area (Å²) in [6.45, 7) is 0.172. The molecule has 0 atom stereocenters. The molecular formula is C13H11Cl2NO5S. The van der Waals surface area contributed by atoms with E-state index in [1.807, 2.05) is 0 Å². The van der Waals surface area contributed by atoms with Crippen LogP contribution in [0.1, 0.15) is 6.42 Å². The second kappa shape index (κ2) is 5.26. The smallest absolute Gasteiger partial charge is 0.256 e. The fourth-order valence-corrected chi connectivity index (χ4v) is 4.17. The number of halogens is 2. The maximum atomic E-state index is 11.9. The Labute approximate surface area is 136 Å². The highest BCUT2D eigenvalue weighted by Gasteiger charge is 2.35. The average molecular weight is 364 g/mol. The van der Waals surface area contributed by atoms with Crippen molar-refractivity contribution in [2.75, 3.05) is 16.6 Å². The number of hydrogen-bond acceptors (Lipinski definition) is 5. The lowest BCUT2D eigenvalue weighted by Crippen LogP contribution is -2.24. The number of anilines is 1. The molecule has 0 bridgehead atoms.